The average Bonchev–Trinajstić information content (AvgIpc) is 2.44. The Hall–Kier alpha value is -0.700. The zero-order chi connectivity index (χ0) is 18.0. The Morgan fingerprint density at radius 1 is 1.33 bits per heavy atom. The summed E-state index contributed by atoms with van der Waals surface area (Å²) in [5.74, 6) is 0.455. The molecular formula is C16H30ClNO5S. The Bertz CT molecular complexity index is 455. The number of β-amino-alcohol motifs (C(OH)–C–C–N with tert-alkyl or cyclic N) is 1. The molecule has 0 heterocycles. The van der Waals surface area contributed by atoms with Gasteiger partial charge in [-0.1, -0.05) is 0 Å². The lowest BCUT2D eigenvalue weighted by Gasteiger charge is -2.23. The van der Waals surface area contributed by atoms with Gasteiger partial charge in [-0.25, -0.2) is 0 Å². The molecule has 1 rings (SSSR count). The van der Waals surface area contributed by atoms with Crippen molar-refractivity contribution in [2.24, 2.45) is 0 Å². The zero-order valence-corrected chi connectivity index (χ0v) is 16.5. The summed E-state index contributed by atoms with van der Waals surface area (Å²) in [4.78, 5) is 0.324. The van der Waals surface area contributed by atoms with E-state index in [1.54, 1.807) is 13.0 Å². The summed E-state index contributed by atoms with van der Waals surface area (Å²) < 4.78 is 16.8. The van der Waals surface area contributed by atoms with Gasteiger partial charge in [0.2, 0.25) is 0 Å². The third-order valence-electron chi connectivity index (χ3n) is 2.55. The van der Waals surface area contributed by atoms with E-state index >= 15 is 0 Å². The van der Waals surface area contributed by atoms with Crippen LogP contribution in [0.2, 0.25) is 0 Å². The van der Waals surface area contributed by atoms with Crippen LogP contribution in [0, 0.1) is 0 Å². The minimum Gasteiger partial charge on any atom is -0.612 e. The van der Waals surface area contributed by atoms with Crippen LogP contribution in [0.3, 0.4) is 0 Å². The number of aliphatic hydroxyl groups is 2. The summed E-state index contributed by atoms with van der Waals surface area (Å²) in [5, 5.41) is 30.1. The molecular weight excluding hydrogens is 354 g/mol. The number of hydrogen-bond acceptors (Lipinski definition) is 6. The molecule has 24 heavy (non-hydrogen) atoms. The van der Waals surface area contributed by atoms with Crippen molar-refractivity contribution in [3.63, 3.8) is 0 Å². The van der Waals surface area contributed by atoms with E-state index in [-0.39, 0.29) is 36.9 Å². The van der Waals surface area contributed by atoms with Gasteiger partial charge in [-0.2, -0.15) is 0 Å². The van der Waals surface area contributed by atoms with Gasteiger partial charge in [-0.05, 0) is 51.0 Å². The Kier molecular flexibility index (Phi) is 13.4. The lowest BCUT2D eigenvalue weighted by molar-refractivity contribution is 0.0999. The molecule has 1 aromatic rings. The molecule has 2 atom stereocenters. The predicted octanol–water partition coefficient (Wildman–Crippen LogP) is 1.68. The lowest BCUT2D eigenvalue weighted by atomic mass is 10.1. The average molecular weight is 384 g/mol. The molecule has 0 amide bonds. The van der Waals surface area contributed by atoms with E-state index in [9.17, 15) is 14.8 Å². The van der Waals surface area contributed by atoms with Gasteiger partial charge in [0.15, 0.2) is 10.6 Å². The number of phenols is 1. The standard InChI is InChI=1S/C14H23NO4S.C2H6O.ClH/c1-14(2,3)15-8-10(16)9-19-11-5-6-12(17)13(7-11)20(4)18;1-2-3;/h5-7,10,15-17H,8-9H2,1-4H3;3H,2H2,1H3;1H. The fourth-order valence-corrected chi connectivity index (χ4v) is 2.13. The maximum absolute atomic E-state index is 11.4. The first kappa shape index (κ1) is 25.5. The minimum atomic E-state index is -1.29. The Morgan fingerprint density at radius 3 is 2.33 bits per heavy atom. The van der Waals surface area contributed by atoms with E-state index in [0.29, 0.717) is 17.2 Å². The van der Waals surface area contributed by atoms with Crippen molar-refractivity contribution in [3.05, 3.63) is 18.2 Å². The monoisotopic (exact) mass is 383 g/mol. The molecule has 0 aromatic heterocycles. The van der Waals surface area contributed by atoms with Crippen LogP contribution in [0.1, 0.15) is 27.7 Å². The van der Waals surface area contributed by atoms with Crippen LogP contribution in [-0.2, 0) is 11.2 Å². The highest BCUT2D eigenvalue weighted by Crippen LogP contribution is 2.27. The first-order valence-electron chi connectivity index (χ1n) is 7.44. The van der Waals surface area contributed by atoms with Gasteiger partial charge >= 0.3 is 0 Å². The number of benzene rings is 1. The van der Waals surface area contributed by atoms with E-state index in [4.69, 9.17) is 9.84 Å². The molecule has 2 unspecified atom stereocenters. The van der Waals surface area contributed by atoms with Crippen molar-refractivity contribution >= 4 is 23.6 Å². The summed E-state index contributed by atoms with van der Waals surface area (Å²) in [7, 11) is 0. The van der Waals surface area contributed by atoms with Gasteiger partial charge in [-0.3, -0.25) is 0 Å². The zero-order valence-electron chi connectivity index (χ0n) is 14.9. The Labute approximate surface area is 153 Å². The van der Waals surface area contributed by atoms with Crippen molar-refractivity contribution in [2.45, 2.75) is 44.2 Å². The molecule has 0 aliphatic rings. The first-order valence-corrected chi connectivity index (χ1v) is 8.99. The molecule has 8 heteroatoms. The molecule has 0 bridgehead atoms. The first-order chi connectivity index (χ1) is 10.6. The van der Waals surface area contributed by atoms with Crippen LogP contribution in [0.4, 0.5) is 0 Å². The second kappa shape index (κ2) is 12.6. The van der Waals surface area contributed by atoms with Gasteiger partial charge < -0.3 is 29.9 Å². The molecule has 0 saturated carbocycles. The molecule has 1 aromatic carbocycles. The number of halogens is 1. The minimum absolute atomic E-state index is 0. The Balaban J connectivity index is 0. The van der Waals surface area contributed by atoms with E-state index in [1.807, 2.05) is 20.8 Å². The summed E-state index contributed by atoms with van der Waals surface area (Å²) in [6.45, 7) is 8.54. The topological polar surface area (TPSA) is 105 Å². The predicted molar refractivity (Wildman–Crippen MR) is 99.7 cm³/mol. The number of hydrogen-bond donors (Lipinski definition) is 4. The molecule has 4 N–H and O–H groups in total. The number of aliphatic hydroxyl groups excluding tert-OH is 2. The third-order valence-corrected chi connectivity index (χ3v) is 3.50. The number of rotatable bonds is 6. The fraction of sp³-hybridized carbons (Fsp3) is 0.625. The summed E-state index contributed by atoms with van der Waals surface area (Å²) >= 11 is -1.29. The van der Waals surface area contributed by atoms with E-state index < -0.39 is 17.3 Å². The molecule has 0 aliphatic carbocycles. The maximum Gasteiger partial charge on any atom is 0.197 e. The van der Waals surface area contributed by atoms with Gasteiger partial charge in [0.25, 0.3) is 0 Å². The number of aromatic hydroxyl groups is 1. The molecule has 0 fully saturated rings. The number of ether oxygens (including phenoxy) is 1. The highest BCUT2D eigenvalue weighted by molar-refractivity contribution is 7.90. The summed E-state index contributed by atoms with van der Waals surface area (Å²) in [5.41, 5.74) is -0.0637. The second-order valence-corrected chi connectivity index (χ2v) is 7.34. The maximum atomic E-state index is 11.4. The van der Waals surface area contributed by atoms with Crippen molar-refractivity contribution < 1.29 is 24.6 Å². The number of nitrogens with one attached hydrogen (secondary N) is 1. The quantitative estimate of drug-likeness (QED) is 0.557. The van der Waals surface area contributed by atoms with Crippen LogP contribution in [0.15, 0.2) is 23.1 Å². The van der Waals surface area contributed by atoms with Gasteiger partial charge in [0, 0.05) is 24.8 Å². The SMILES string of the molecule is CCO.C[S+]([O-])c1cc(OCC(O)CNC(C)(C)C)ccc1O.Cl. The lowest BCUT2D eigenvalue weighted by Crippen LogP contribution is -2.42. The molecule has 6 nitrogen and oxygen atoms in total. The van der Waals surface area contributed by atoms with Gasteiger partial charge in [0.1, 0.15) is 24.7 Å². The highest BCUT2D eigenvalue weighted by Gasteiger charge is 2.15. The normalized spacial score (nSPS) is 13.2. The fourth-order valence-electron chi connectivity index (χ4n) is 1.49. The van der Waals surface area contributed by atoms with E-state index in [2.05, 4.69) is 5.32 Å². The van der Waals surface area contributed by atoms with Crippen LogP contribution in [0.25, 0.3) is 0 Å². The Morgan fingerprint density at radius 2 is 1.88 bits per heavy atom. The molecule has 0 saturated heterocycles. The molecule has 0 radical (unpaired) electrons. The molecule has 0 spiro atoms. The number of phenolic OH excluding ortho intramolecular Hbond substituents is 1. The van der Waals surface area contributed by atoms with Crippen LogP contribution in [0.5, 0.6) is 11.5 Å². The highest BCUT2D eigenvalue weighted by atomic mass is 35.5. The molecule has 0 aliphatic heterocycles. The van der Waals surface area contributed by atoms with Crippen LogP contribution >= 0.6 is 12.4 Å². The van der Waals surface area contributed by atoms with Crippen molar-refractivity contribution in [3.8, 4) is 11.5 Å². The van der Waals surface area contributed by atoms with Crippen molar-refractivity contribution in [2.75, 3.05) is 26.0 Å². The van der Waals surface area contributed by atoms with Crippen molar-refractivity contribution in [1.29, 1.82) is 0 Å². The van der Waals surface area contributed by atoms with Gasteiger partial charge in [0.05, 0.1) is 0 Å². The van der Waals surface area contributed by atoms with E-state index in [1.165, 1.54) is 18.4 Å². The van der Waals surface area contributed by atoms with E-state index in [0.717, 1.165) is 0 Å². The van der Waals surface area contributed by atoms with Crippen LogP contribution in [-0.4, -0.2) is 57.5 Å². The summed E-state index contributed by atoms with van der Waals surface area (Å²) in [6.07, 6.45) is 0.847. The van der Waals surface area contributed by atoms with Gasteiger partial charge in [-0.15, -0.1) is 12.4 Å². The van der Waals surface area contributed by atoms with Crippen molar-refractivity contribution in [1.82, 2.24) is 5.32 Å². The smallest absolute Gasteiger partial charge is 0.197 e. The van der Waals surface area contributed by atoms with Crippen LogP contribution < -0.4 is 10.1 Å². The second-order valence-electron chi connectivity index (χ2n) is 6.00. The largest absolute Gasteiger partial charge is 0.612 e. The third kappa shape index (κ3) is 11.8. The molecule has 142 valence electrons. The summed E-state index contributed by atoms with van der Waals surface area (Å²) in [6, 6.07) is 4.54.